The largest absolute Gasteiger partial charge is 0.477 e. The molecule has 0 bridgehead atoms. The highest BCUT2D eigenvalue weighted by Crippen LogP contribution is 2.17. The summed E-state index contributed by atoms with van der Waals surface area (Å²) in [5.41, 5.74) is 0.981. The van der Waals surface area contributed by atoms with Gasteiger partial charge in [0.1, 0.15) is 5.69 Å². The molecule has 1 fully saturated rings. The molecule has 0 aliphatic carbocycles. The van der Waals surface area contributed by atoms with Crippen molar-refractivity contribution in [3.63, 3.8) is 0 Å². The van der Waals surface area contributed by atoms with E-state index in [1.807, 2.05) is 0 Å². The molecule has 0 aromatic carbocycles. The maximum Gasteiger partial charge on any atom is 0.354 e. The minimum absolute atomic E-state index is 0.0000460. The fourth-order valence-electron chi connectivity index (χ4n) is 2.70. The van der Waals surface area contributed by atoms with Gasteiger partial charge in [-0.3, -0.25) is 0 Å². The number of anilines is 1. The molecule has 0 saturated carbocycles. The number of rotatable bonds is 4. The second kappa shape index (κ2) is 6.62. The summed E-state index contributed by atoms with van der Waals surface area (Å²) in [6, 6.07) is 1.24. The number of likely N-dealkylation sites (tertiary alicyclic amines) is 1. The second-order valence-corrected chi connectivity index (χ2v) is 5.65. The number of carbonyl (C=O) groups excluding carboxylic acids is 1. The molecular weight excluding hydrogens is 272 g/mol. The van der Waals surface area contributed by atoms with E-state index in [0.717, 1.165) is 25.9 Å². The third kappa shape index (κ3) is 4.22. The van der Waals surface area contributed by atoms with E-state index >= 15 is 0 Å². The molecule has 7 heteroatoms. The highest BCUT2D eigenvalue weighted by Gasteiger charge is 2.19. The number of urea groups is 1. The molecule has 21 heavy (non-hydrogen) atoms. The van der Waals surface area contributed by atoms with Crippen LogP contribution in [-0.2, 0) is 0 Å². The number of aryl methyl sites for hydroxylation is 1. The number of carbonyl (C=O) groups is 2. The zero-order valence-electron chi connectivity index (χ0n) is 12.4. The first-order valence-corrected chi connectivity index (χ1v) is 7.12. The standard InChI is InChI=1S/C14H22N4O3/c1-9-6-11(12(16-9)13(19)20)17-14(21)15-7-10-4-3-5-18(2)8-10/h6,10,16H,3-5,7-8H2,1-2H3,(H,19,20)(H2,15,17,21). The lowest BCUT2D eigenvalue weighted by molar-refractivity contribution is 0.0692. The van der Waals surface area contributed by atoms with Crippen LogP contribution < -0.4 is 10.6 Å². The van der Waals surface area contributed by atoms with Gasteiger partial charge < -0.3 is 25.6 Å². The average Bonchev–Trinajstić information content (AvgIpc) is 2.77. The molecule has 1 aromatic rings. The van der Waals surface area contributed by atoms with Crippen molar-refractivity contribution in [3.8, 4) is 0 Å². The summed E-state index contributed by atoms with van der Waals surface area (Å²) in [7, 11) is 2.08. The Morgan fingerprint density at radius 1 is 1.52 bits per heavy atom. The molecule has 116 valence electrons. The summed E-state index contributed by atoms with van der Waals surface area (Å²) in [6.07, 6.45) is 2.25. The zero-order valence-corrected chi connectivity index (χ0v) is 12.4. The minimum Gasteiger partial charge on any atom is -0.477 e. The molecule has 1 aliphatic rings. The molecule has 2 rings (SSSR count). The van der Waals surface area contributed by atoms with Crippen molar-refractivity contribution in [1.82, 2.24) is 15.2 Å². The van der Waals surface area contributed by atoms with Gasteiger partial charge >= 0.3 is 12.0 Å². The number of carboxylic acids is 1. The molecule has 0 spiro atoms. The Kier molecular flexibility index (Phi) is 4.85. The molecular formula is C14H22N4O3. The van der Waals surface area contributed by atoms with Crippen LogP contribution in [-0.4, -0.2) is 53.7 Å². The van der Waals surface area contributed by atoms with Crippen molar-refractivity contribution < 1.29 is 14.7 Å². The van der Waals surface area contributed by atoms with Gasteiger partial charge in [0, 0.05) is 18.8 Å². The first-order valence-electron chi connectivity index (χ1n) is 7.12. The molecule has 2 heterocycles. The Bertz CT molecular complexity index is 526. The number of hydrogen-bond donors (Lipinski definition) is 4. The lowest BCUT2D eigenvalue weighted by Gasteiger charge is -2.29. The van der Waals surface area contributed by atoms with Crippen LogP contribution in [0, 0.1) is 12.8 Å². The fraction of sp³-hybridized carbons (Fsp3) is 0.571. The number of aromatic amines is 1. The van der Waals surface area contributed by atoms with E-state index < -0.39 is 5.97 Å². The molecule has 1 aliphatic heterocycles. The van der Waals surface area contributed by atoms with Crippen LogP contribution in [0.4, 0.5) is 10.5 Å². The topological polar surface area (TPSA) is 97.5 Å². The number of piperidine rings is 1. The first-order chi connectivity index (χ1) is 9.95. The Balaban J connectivity index is 1.86. The Morgan fingerprint density at radius 3 is 2.95 bits per heavy atom. The van der Waals surface area contributed by atoms with Crippen molar-refractivity contribution >= 4 is 17.7 Å². The average molecular weight is 294 g/mol. The second-order valence-electron chi connectivity index (χ2n) is 5.65. The Hall–Kier alpha value is -2.02. The van der Waals surface area contributed by atoms with Gasteiger partial charge in [0.05, 0.1) is 5.69 Å². The number of hydrogen-bond acceptors (Lipinski definition) is 3. The number of aromatic nitrogens is 1. The van der Waals surface area contributed by atoms with Crippen molar-refractivity contribution in [2.24, 2.45) is 5.92 Å². The molecule has 0 radical (unpaired) electrons. The van der Waals surface area contributed by atoms with E-state index in [-0.39, 0.29) is 11.7 Å². The lowest BCUT2D eigenvalue weighted by Crippen LogP contribution is -2.40. The summed E-state index contributed by atoms with van der Waals surface area (Å²) >= 11 is 0. The zero-order chi connectivity index (χ0) is 15.4. The predicted octanol–water partition coefficient (Wildman–Crippen LogP) is 1.48. The van der Waals surface area contributed by atoms with Gasteiger partial charge in [-0.15, -0.1) is 0 Å². The maximum absolute atomic E-state index is 11.9. The van der Waals surface area contributed by atoms with Crippen LogP contribution in [0.15, 0.2) is 6.07 Å². The highest BCUT2D eigenvalue weighted by molar-refractivity contribution is 5.99. The van der Waals surface area contributed by atoms with Crippen molar-refractivity contribution in [2.75, 3.05) is 32.0 Å². The van der Waals surface area contributed by atoms with Crippen LogP contribution in [0.25, 0.3) is 0 Å². The number of nitrogens with one attached hydrogen (secondary N) is 3. The van der Waals surface area contributed by atoms with Gasteiger partial charge in [0.15, 0.2) is 0 Å². The summed E-state index contributed by atoms with van der Waals surface area (Å²) < 4.78 is 0. The smallest absolute Gasteiger partial charge is 0.354 e. The fourth-order valence-corrected chi connectivity index (χ4v) is 2.70. The summed E-state index contributed by atoms with van der Waals surface area (Å²) in [5, 5.41) is 14.4. The Morgan fingerprint density at radius 2 is 2.29 bits per heavy atom. The number of carboxylic acid groups (broad SMARTS) is 1. The van der Waals surface area contributed by atoms with E-state index in [9.17, 15) is 9.59 Å². The summed E-state index contributed by atoms with van der Waals surface area (Å²) in [5.74, 6) is -0.645. The van der Waals surface area contributed by atoms with Gasteiger partial charge in [-0.05, 0) is 45.3 Å². The van der Waals surface area contributed by atoms with Gasteiger partial charge in [-0.2, -0.15) is 0 Å². The predicted molar refractivity (Wildman–Crippen MR) is 79.7 cm³/mol. The molecule has 7 nitrogen and oxygen atoms in total. The molecule has 1 saturated heterocycles. The summed E-state index contributed by atoms with van der Waals surface area (Å²) in [6.45, 7) is 4.42. The number of H-pyrrole nitrogens is 1. The van der Waals surface area contributed by atoms with E-state index in [1.54, 1.807) is 13.0 Å². The van der Waals surface area contributed by atoms with E-state index in [4.69, 9.17) is 5.11 Å². The van der Waals surface area contributed by atoms with Crippen LogP contribution in [0.1, 0.15) is 29.0 Å². The van der Waals surface area contributed by atoms with Gasteiger partial charge in [-0.25, -0.2) is 9.59 Å². The summed E-state index contributed by atoms with van der Waals surface area (Å²) in [4.78, 5) is 27.9. The lowest BCUT2D eigenvalue weighted by atomic mass is 9.99. The number of nitrogens with zero attached hydrogens (tertiary/aromatic N) is 1. The van der Waals surface area contributed by atoms with E-state index in [0.29, 0.717) is 23.8 Å². The third-order valence-electron chi connectivity index (χ3n) is 3.69. The van der Waals surface area contributed by atoms with Gasteiger partial charge in [-0.1, -0.05) is 0 Å². The normalized spacial score (nSPS) is 19.2. The molecule has 2 amide bonds. The van der Waals surface area contributed by atoms with Crippen molar-refractivity contribution in [1.29, 1.82) is 0 Å². The molecule has 1 atom stereocenters. The molecule has 4 N–H and O–H groups in total. The van der Waals surface area contributed by atoms with Gasteiger partial charge in [0.25, 0.3) is 0 Å². The first kappa shape index (κ1) is 15.4. The molecule has 1 aromatic heterocycles. The van der Waals surface area contributed by atoms with Crippen LogP contribution in [0.2, 0.25) is 0 Å². The maximum atomic E-state index is 11.9. The van der Waals surface area contributed by atoms with Crippen molar-refractivity contribution in [3.05, 3.63) is 17.5 Å². The number of aromatic carboxylic acids is 1. The van der Waals surface area contributed by atoms with Crippen LogP contribution >= 0.6 is 0 Å². The molecule has 1 unspecified atom stereocenters. The minimum atomic E-state index is -1.09. The third-order valence-corrected chi connectivity index (χ3v) is 3.69. The van der Waals surface area contributed by atoms with Gasteiger partial charge in [0.2, 0.25) is 0 Å². The van der Waals surface area contributed by atoms with E-state index in [2.05, 4.69) is 27.6 Å². The number of amides is 2. The highest BCUT2D eigenvalue weighted by atomic mass is 16.4. The van der Waals surface area contributed by atoms with Crippen LogP contribution in [0.5, 0.6) is 0 Å². The van der Waals surface area contributed by atoms with Crippen LogP contribution in [0.3, 0.4) is 0 Å². The SMILES string of the molecule is Cc1cc(NC(=O)NCC2CCCN(C)C2)c(C(=O)O)[nH]1. The Labute approximate surface area is 123 Å². The quantitative estimate of drug-likeness (QED) is 0.676. The monoisotopic (exact) mass is 294 g/mol. The van der Waals surface area contributed by atoms with E-state index in [1.165, 1.54) is 0 Å². The van der Waals surface area contributed by atoms with Crippen molar-refractivity contribution in [2.45, 2.75) is 19.8 Å².